The summed E-state index contributed by atoms with van der Waals surface area (Å²) in [6, 6.07) is 9.41. The molecule has 1 aromatic carbocycles. The number of nitrogens with zero attached hydrogens (tertiary/aromatic N) is 4. The van der Waals surface area contributed by atoms with Crippen molar-refractivity contribution < 1.29 is 9.84 Å². The fourth-order valence-corrected chi connectivity index (χ4v) is 1.82. The molecule has 19 heavy (non-hydrogen) atoms. The molecule has 1 heterocycles. The molecule has 6 nitrogen and oxygen atoms in total. The van der Waals surface area contributed by atoms with Crippen molar-refractivity contribution in [1.29, 1.82) is 5.26 Å². The molecule has 0 aliphatic carbocycles. The number of ether oxygens (including phenoxy) is 1. The van der Waals surface area contributed by atoms with Crippen LogP contribution in [0.2, 0.25) is 0 Å². The maximum atomic E-state index is 9.10. The molecule has 0 aliphatic rings. The van der Waals surface area contributed by atoms with Crippen LogP contribution in [-0.4, -0.2) is 33.8 Å². The second kappa shape index (κ2) is 5.98. The summed E-state index contributed by atoms with van der Waals surface area (Å²) in [6.45, 7) is 0.580. The van der Waals surface area contributed by atoms with E-state index >= 15 is 0 Å². The molecule has 2 rings (SSSR count). The predicted octanol–water partition coefficient (Wildman–Crippen LogP) is 1.21. The van der Waals surface area contributed by atoms with Gasteiger partial charge in [-0.25, -0.2) is 4.68 Å². The SMILES string of the molecule is COc1cccc(-c2c(C#N)nnn2CCCO)c1. The first-order chi connectivity index (χ1) is 9.30. The van der Waals surface area contributed by atoms with Crippen LogP contribution in [0.1, 0.15) is 12.1 Å². The van der Waals surface area contributed by atoms with E-state index in [0.717, 1.165) is 5.56 Å². The van der Waals surface area contributed by atoms with Crippen molar-refractivity contribution in [2.45, 2.75) is 13.0 Å². The summed E-state index contributed by atoms with van der Waals surface area (Å²) in [5, 5.41) is 25.8. The summed E-state index contributed by atoms with van der Waals surface area (Å²) >= 11 is 0. The van der Waals surface area contributed by atoms with Crippen LogP contribution in [0.4, 0.5) is 0 Å². The predicted molar refractivity (Wildman–Crippen MR) is 68.4 cm³/mol. The molecule has 0 unspecified atom stereocenters. The van der Waals surface area contributed by atoms with Gasteiger partial charge in [0, 0.05) is 18.7 Å². The first-order valence-electron chi connectivity index (χ1n) is 5.89. The normalized spacial score (nSPS) is 10.2. The zero-order valence-corrected chi connectivity index (χ0v) is 10.6. The minimum atomic E-state index is 0.0687. The average molecular weight is 258 g/mol. The number of rotatable bonds is 5. The van der Waals surface area contributed by atoms with E-state index in [1.807, 2.05) is 30.3 Å². The van der Waals surface area contributed by atoms with E-state index in [9.17, 15) is 0 Å². The Morgan fingerprint density at radius 2 is 2.32 bits per heavy atom. The van der Waals surface area contributed by atoms with Crippen molar-refractivity contribution in [1.82, 2.24) is 15.0 Å². The van der Waals surface area contributed by atoms with Crippen molar-refractivity contribution in [2.75, 3.05) is 13.7 Å². The van der Waals surface area contributed by atoms with E-state index in [2.05, 4.69) is 10.3 Å². The Hall–Kier alpha value is -2.39. The zero-order valence-electron chi connectivity index (χ0n) is 10.6. The molecule has 0 radical (unpaired) electrons. The van der Waals surface area contributed by atoms with E-state index in [4.69, 9.17) is 15.1 Å². The second-order valence-electron chi connectivity index (χ2n) is 3.93. The summed E-state index contributed by atoms with van der Waals surface area (Å²) < 4.78 is 6.80. The highest BCUT2D eigenvalue weighted by Gasteiger charge is 2.14. The molecule has 0 bridgehead atoms. The molecule has 0 spiro atoms. The maximum Gasteiger partial charge on any atom is 0.190 e. The minimum absolute atomic E-state index is 0.0687. The van der Waals surface area contributed by atoms with Crippen LogP contribution in [0.5, 0.6) is 5.75 Å². The van der Waals surface area contributed by atoms with Crippen LogP contribution in [0.25, 0.3) is 11.3 Å². The first-order valence-corrected chi connectivity index (χ1v) is 5.89. The van der Waals surface area contributed by atoms with Gasteiger partial charge in [-0.2, -0.15) is 5.26 Å². The summed E-state index contributed by atoms with van der Waals surface area (Å²) in [6.07, 6.45) is 0.561. The van der Waals surface area contributed by atoms with Crippen molar-refractivity contribution >= 4 is 0 Å². The molecule has 0 atom stereocenters. The first kappa shape index (κ1) is 13.1. The van der Waals surface area contributed by atoms with E-state index in [-0.39, 0.29) is 12.3 Å². The van der Waals surface area contributed by atoms with Crippen molar-refractivity contribution in [3.8, 4) is 23.1 Å². The number of aryl methyl sites for hydroxylation is 1. The van der Waals surface area contributed by atoms with Crippen LogP contribution in [-0.2, 0) is 6.54 Å². The molecule has 0 fully saturated rings. The van der Waals surface area contributed by atoms with Crippen molar-refractivity contribution in [3.63, 3.8) is 0 Å². The number of hydrogen-bond acceptors (Lipinski definition) is 5. The molecule has 2 aromatic rings. The van der Waals surface area contributed by atoms with Gasteiger partial charge in [0.15, 0.2) is 5.69 Å². The van der Waals surface area contributed by atoms with Gasteiger partial charge >= 0.3 is 0 Å². The second-order valence-corrected chi connectivity index (χ2v) is 3.93. The molecule has 6 heteroatoms. The Balaban J connectivity index is 2.46. The highest BCUT2D eigenvalue weighted by Crippen LogP contribution is 2.25. The largest absolute Gasteiger partial charge is 0.497 e. The highest BCUT2D eigenvalue weighted by molar-refractivity contribution is 5.66. The van der Waals surface area contributed by atoms with E-state index in [1.165, 1.54) is 0 Å². The lowest BCUT2D eigenvalue weighted by molar-refractivity contribution is 0.276. The Kier molecular flexibility index (Phi) is 4.11. The van der Waals surface area contributed by atoms with Gasteiger partial charge in [-0.1, -0.05) is 17.3 Å². The fraction of sp³-hybridized carbons (Fsp3) is 0.308. The van der Waals surface area contributed by atoms with Crippen LogP contribution in [0.3, 0.4) is 0 Å². The monoisotopic (exact) mass is 258 g/mol. The quantitative estimate of drug-likeness (QED) is 0.871. The fourth-order valence-electron chi connectivity index (χ4n) is 1.82. The highest BCUT2D eigenvalue weighted by atomic mass is 16.5. The number of nitriles is 1. The van der Waals surface area contributed by atoms with Gasteiger partial charge in [0.05, 0.1) is 7.11 Å². The number of aromatic nitrogens is 3. The van der Waals surface area contributed by atoms with Crippen LogP contribution in [0.15, 0.2) is 24.3 Å². The number of benzene rings is 1. The third-order valence-corrected chi connectivity index (χ3v) is 2.71. The van der Waals surface area contributed by atoms with Crippen LogP contribution in [0, 0.1) is 11.3 Å². The maximum absolute atomic E-state index is 9.10. The molecular weight excluding hydrogens is 244 g/mol. The van der Waals surface area contributed by atoms with Gasteiger partial charge in [-0.05, 0) is 18.6 Å². The molecule has 0 saturated carbocycles. The average Bonchev–Trinajstić information content (AvgIpc) is 2.88. The van der Waals surface area contributed by atoms with Gasteiger partial charge in [-0.3, -0.25) is 0 Å². The van der Waals surface area contributed by atoms with Gasteiger partial charge in [0.25, 0.3) is 0 Å². The third-order valence-electron chi connectivity index (χ3n) is 2.71. The Bertz CT molecular complexity index is 601. The van der Waals surface area contributed by atoms with E-state index in [1.54, 1.807) is 11.8 Å². The Morgan fingerprint density at radius 3 is 3.00 bits per heavy atom. The topological polar surface area (TPSA) is 84.0 Å². The molecular formula is C13H14N4O2. The summed E-state index contributed by atoms with van der Waals surface area (Å²) in [5.74, 6) is 0.705. The van der Waals surface area contributed by atoms with Gasteiger partial charge < -0.3 is 9.84 Å². The molecule has 0 saturated heterocycles. The summed E-state index contributed by atoms with van der Waals surface area (Å²) in [7, 11) is 1.59. The molecule has 1 N–H and O–H groups in total. The van der Waals surface area contributed by atoms with Crippen molar-refractivity contribution in [2.24, 2.45) is 0 Å². The number of aliphatic hydroxyl groups excluding tert-OH is 1. The van der Waals surface area contributed by atoms with Crippen LogP contribution < -0.4 is 4.74 Å². The molecule has 0 amide bonds. The van der Waals surface area contributed by atoms with Gasteiger partial charge in [-0.15, -0.1) is 5.10 Å². The summed E-state index contributed by atoms with van der Waals surface area (Å²) in [5.41, 5.74) is 1.74. The number of hydrogen-bond donors (Lipinski definition) is 1. The zero-order chi connectivity index (χ0) is 13.7. The summed E-state index contributed by atoms with van der Waals surface area (Å²) in [4.78, 5) is 0. The third kappa shape index (κ3) is 2.72. The molecule has 98 valence electrons. The number of methoxy groups -OCH3 is 1. The van der Waals surface area contributed by atoms with Crippen LogP contribution >= 0.6 is 0 Å². The lowest BCUT2D eigenvalue weighted by atomic mass is 10.1. The minimum Gasteiger partial charge on any atom is -0.497 e. The Morgan fingerprint density at radius 1 is 1.47 bits per heavy atom. The van der Waals surface area contributed by atoms with Gasteiger partial charge in [0.2, 0.25) is 0 Å². The number of aliphatic hydroxyl groups is 1. The lowest BCUT2D eigenvalue weighted by Gasteiger charge is -2.07. The van der Waals surface area contributed by atoms with E-state index < -0.39 is 0 Å². The smallest absolute Gasteiger partial charge is 0.190 e. The van der Waals surface area contributed by atoms with E-state index in [0.29, 0.717) is 24.4 Å². The van der Waals surface area contributed by atoms with Crippen molar-refractivity contribution in [3.05, 3.63) is 30.0 Å². The standard InChI is InChI=1S/C13H14N4O2/c1-19-11-5-2-4-10(8-11)13-12(9-14)15-16-17(13)6-3-7-18/h2,4-5,8,18H,3,6-7H2,1H3. The Labute approximate surface area is 110 Å². The molecule has 1 aromatic heterocycles. The molecule has 0 aliphatic heterocycles. The van der Waals surface area contributed by atoms with Gasteiger partial charge in [0.1, 0.15) is 17.5 Å². The lowest BCUT2D eigenvalue weighted by Crippen LogP contribution is -2.04.